The molecule has 3 heteroatoms. The molecular weight excluding hydrogens is 919 g/mol. The molecule has 362 valence electrons. The van der Waals surface area contributed by atoms with Crippen LogP contribution in [0.5, 0.6) is 0 Å². The van der Waals surface area contributed by atoms with Gasteiger partial charge in [-0.05, 0) is 139 Å². The molecule has 0 aliphatic heterocycles. The van der Waals surface area contributed by atoms with Gasteiger partial charge in [0.05, 0.1) is 33.4 Å². The lowest BCUT2D eigenvalue weighted by Gasteiger charge is -2.28. The lowest BCUT2D eigenvalue weighted by molar-refractivity contribution is 0.651. The van der Waals surface area contributed by atoms with Crippen LogP contribution in [-0.4, -0.2) is 9.13 Å². The predicted octanol–water partition coefficient (Wildman–Crippen LogP) is 19.2. The average molecular weight is 974 g/mol. The van der Waals surface area contributed by atoms with Crippen LogP contribution in [-0.2, 0) is 17.4 Å². The summed E-state index contributed by atoms with van der Waals surface area (Å²) in [4.78, 5) is 2.54. The van der Waals surface area contributed by atoms with Gasteiger partial charge in [0.15, 0.2) is 0 Å². The van der Waals surface area contributed by atoms with E-state index in [2.05, 4.69) is 290 Å². The van der Waals surface area contributed by atoms with E-state index in [1.54, 1.807) is 0 Å². The first-order chi connectivity index (χ1) is 37.2. The number of fused-ring (bicyclic) bond motifs is 12. The lowest BCUT2D eigenvalue weighted by Crippen LogP contribution is -2.19. The summed E-state index contributed by atoms with van der Waals surface area (Å²) >= 11 is 0. The van der Waals surface area contributed by atoms with Crippen molar-refractivity contribution in [2.24, 2.45) is 0 Å². The van der Waals surface area contributed by atoms with E-state index in [4.69, 9.17) is 0 Å². The molecular formula is C73H55N3. The summed E-state index contributed by atoms with van der Waals surface area (Å²) in [7, 11) is 0. The van der Waals surface area contributed by atoms with E-state index in [1.807, 2.05) is 0 Å². The monoisotopic (exact) mass is 973 g/mol. The van der Waals surface area contributed by atoms with Crippen LogP contribution in [0.2, 0.25) is 0 Å². The number of hydrogen-bond donors (Lipinski definition) is 0. The van der Waals surface area contributed by atoms with Crippen LogP contribution < -0.4 is 4.90 Å². The Morgan fingerprint density at radius 3 is 1.34 bits per heavy atom. The molecule has 2 aromatic heterocycles. The molecule has 0 saturated heterocycles. The third-order valence-corrected chi connectivity index (χ3v) is 17.1. The second-order valence-electron chi connectivity index (χ2n) is 22.1. The van der Waals surface area contributed by atoms with Crippen molar-refractivity contribution in [3.63, 3.8) is 0 Å². The molecule has 2 heterocycles. The van der Waals surface area contributed by atoms with Crippen molar-refractivity contribution in [3.05, 3.63) is 277 Å². The van der Waals surface area contributed by atoms with Gasteiger partial charge in [0.25, 0.3) is 0 Å². The molecule has 2 aliphatic rings. The Balaban J connectivity index is 0.918. The van der Waals surface area contributed by atoms with Crippen LogP contribution in [0.25, 0.3) is 99.5 Å². The molecule has 0 amide bonds. The van der Waals surface area contributed by atoms with Crippen molar-refractivity contribution >= 4 is 55.0 Å². The van der Waals surface area contributed by atoms with Gasteiger partial charge in [-0.25, -0.2) is 0 Å². The highest BCUT2D eigenvalue weighted by Crippen LogP contribution is 2.58. The van der Waals surface area contributed by atoms with Crippen molar-refractivity contribution in [1.29, 1.82) is 0 Å². The van der Waals surface area contributed by atoms with E-state index in [1.165, 1.54) is 116 Å². The van der Waals surface area contributed by atoms with Crippen LogP contribution in [0.3, 0.4) is 0 Å². The van der Waals surface area contributed by atoms with Crippen molar-refractivity contribution in [2.75, 3.05) is 4.90 Å². The van der Waals surface area contributed by atoms with E-state index >= 15 is 0 Å². The van der Waals surface area contributed by atoms with Crippen LogP contribution in [0.1, 0.15) is 55.5 Å². The molecule has 0 atom stereocenters. The van der Waals surface area contributed by atoms with E-state index in [0.29, 0.717) is 6.54 Å². The highest BCUT2D eigenvalue weighted by atomic mass is 15.1. The molecule has 0 fully saturated rings. The smallest absolute Gasteiger partial charge is 0.0541 e. The van der Waals surface area contributed by atoms with Gasteiger partial charge in [0, 0.05) is 50.3 Å². The second kappa shape index (κ2) is 16.7. The van der Waals surface area contributed by atoms with E-state index in [9.17, 15) is 0 Å². The predicted molar refractivity (Wildman–Crippen MR) is 320 cm³/mol. The zero-order valence-corrected chi connectivity index (χ0v) is 43.2. The summed E-state index contributed by atoms with van der Waals surface area (Å²) in [5.74, 6) is 0. The third kappa shape index (κ3) is 6.61. The number of hydrogen-bond acceptors (Lipinski definition) is 1. The topological polar surface area (TPSA) is 13.1 Å². The Morgan fingerprint density at radius 2 is 0.776 bits per heavy atom. The zero-order valence-electron chi connectivity index (χ0n) is 43.2. The highest BCUT2D eigenvalue weighted by Gasteiger charge is 2.42. The van der Waals surface area contributed by atoms with Crippen molar-refractivity contribution in [3.8, 4) is 55.9 Å². The number of para-hydroxylation sites is 4. The van der Waals surface area contributed by atoms with Crippen LogP contribution in [0.15, 0.2) is 249 Å². The van der Waals surface area contributed by atoms with Crippen LogP contribution >= 0.6 is 0 Å². The average Bonchev–Trinajstić information content (AvgIpc) is 4.17. The fraction of sp³-hybridized carbons (Fsp3) is 0.0959. The van der Waals surface area contributed by atoms with E-state index in [0.717, 1.165) is 22.7 Å². The summed E-state index contributed by atoms with van der Waals surface area (Å²) in [6.07, 6.45) is 0. The highest BCUT2D eigenvalue weighted by molar-refractivity contribution is 6.11. The molecule has 0 N–H and O–H groups in total. The quantitative estimate of drug-likeness (QED) is 0.148. The van der Waals surface area contributed by atoms with Gasteiger partial charge in [-0.1, -0.05) is 210 Å². The minimum absolute atomic E-state index is 0.139. The molecule has 0 radical (unpaired) electrons. The van der Waals surface area contributed by atoms with Crippen molar-refractivity contribution in [1.82, 2.24) is 9.13 Å². The molecule has 0 saturated carbocycles. The second-order valence-corrected chi connectivity index (χ2v) is 22.1. The largest absolute Gasteiger partial charge is 0.337 e. The maximum absolute atomic E-state index is 2.56. The van der Waals surface area contributed by atoms with E-state index in [-0.39, 0.29) is 10.8 Å². The molecule has 13 aromatic rings. The Bertz CT molecular complexity index is 4230. The molecule has 15 rings (SSSR count). The Hall–Kier alpha value is -9.18. The van der Waals surface area contributed by atoms with Crippen LogP contribution in [0, 0.1) is 0 Å². The fourth-order valence-corrected chi connectivity index (χ4v) is 13.4. The number of rotatable bonds is 8. The Morgan fingerprint density at radius 1 is 0.316 bits per heavy atom. The summed E-state index contributed by atoms with van der Waals surface area (Å²) in [5, 5.41) is 4.97. The van der Waals surface area contributed by atoms with Gasteiger partial charge in [0.2, 0.25) is 0 Å². The minimum atomic E-state index is -0.230. The first kappa shape index (κ1) is 44.3. The maximum Gasteiger partial charge on any atom is 0.0541 e. The van der Waals surface area contributed by atoms with E-state index < -0.39 is 0 Å². The molecule has 76 heavy (non-hydrogen) atoms. The van der Waals surface area contributed by atoms with Gasteiger partial charge in [-0.2, -0.15) is 0 Å². The summed E-state index contributed by atoms with van der Waals surface area (Å²) in [5.41, 5.74) is 26.1. The zero-order chi connectivity index (χ0) is 50.9. The molecule has 3 nitrogen and oxygen atoms in total. The summed E-state index contributed by atoms with van der Waals surface area (Å²) < 4.78 is 4.94. The normalized spacial score (nSPS) is 13.8. The number of aromatic nitrogens is 2. The molecule has 2 aliphatic carbocycles. The molecule has 0 unspecified atom stereocenters. The number of benzene rings is 11. The molecule has 11 aromatic carbocycles. The maximum atomic E-state index is 2.56. The van der Waals surface area contributed by atoms with Crippen molar-refractivity contribution in [2.45, 2.75) is 45.1 Å². The van der Waals surface area contributed by atoms with Gasteiger partial charge >= 0.3 is 0 Å². The SMILES string of the molecule is CC1(C)c2cc(CN(c3ccc(-c4ccccc4)cc3)c3cc(-n4c5ccccc5c5ccccc54)cc(-n4c5ccccc5c5ccccc54)c3)ccc2-c2cc3c(cc21)-c1c(-c2ccccc2)cccc1C3(C)C. The first-order valence-corrected chi connectivity index (χ1v) is 26.8. The van der Waals surface area contributed by atoms with Gasteiger partial charge < -0.3 is 14.0 Å². The Labute approximate surface area is 444 Å². The van der Waals surface area contributed by atoms with Crippen LogP contribution in [0.4, 0.5) is 11.4 Å². The van der Waals surface area contributed by atoms with Gasteiger partial charge in [-0.3, -0.25) is 0 Å². The van der Waals surface area contributed by atoms with Crippen molar-refractivity contribution < 1.29 is 0 Å². The Kier molecular flexibility index (Phi) is 9.72. The molecule has 0 bridgehead atoms. The lowest BCUT2D eigenvalue weighted by atomic mass is 9.79. The number of anilines is 2. The summed E-state index contributed by atoms with van der Waals surface area (Å²) in [6, 6.07) is 92.8. The number of nitrogens with zero attached hydrogens (tertiary/aromatic N) is 3. The summed E-state index contributed by atoms with van der Waals surface area (Å²) in [6.45, 7) is 10.3. The fourth-order valence-electron chi connectivity index (χ4n) is 13.4. The van der Waals surface area contributed by atoms with Gasteiger partial charge in [-0.15, -0.1) is 0 Å². The van der Waals surface area contributed by atoms with Gasteiger partial charge in [0.1, 0.15) is 0 Å². The first-order valence-electron chi connectivity index (χ1n) is 26.8. The third-order valence-electron chi connectivity index (χ3n) is 17.1. The molecule has 0 spiro atoms. The minimum Gasteiger partial charge on any atom is -0.337 e. The standard InChI is InChI=1S/C73H55N3/c1-72(2)63-29-19-28-55(50-22-9-6-10-23-50)71(63)62-45-65-61(44-66(62)72)56-39-34-47(40-64(56)73(65,3)4)46-74(51-37-35-49(36-38-51)48-20-7-5-8-21-48)52-41-53(75-67-30-15-11-24-57(67)58-25-12-16-31-68(58)75)43-54(42-52)76-69-32-17-13-26-59(69)60-27-14-18-33-70(60)76/h5-45H,46H2,1-4H3.